The normalized spacial score (nSPS) is 9.96. The third-order valence-electron chi connectivity index (χ3n) is 3.82. The molecule has 0 saturated heterocycles. The van der Waals surface area contributed by atoms with Gasteiger partial charge in [0.15, 0.2) is 0 Å². The van der Waals surface area contributed by atoms with Gasteiger partial charge < -0.3 is 0 Å². The van der Waals surface area contributed by atoms with E-state index in [0.717, 1.165) is 25.7 Å². The number of Topliss-reactive ketones (excluding diaryl/α,β-unsaturated/α-hetero) is 1. The van der Waals surface area contributed by atoms with Gasteiger partial charge in [-0.05, 0) is 12.8 Å². The van der Waals surface area contributed by atoms with Crippen LogP contribution < -0.4 is 0 Å². The standard InChI is InChI=1S/C10H21NO2.C9H18O/c1-4-5-6-7-8-9-10(12)11(2)13-3;1-3-5-6-7-8-9(10)4-2/h4-9H2,1-3H3;3-8H2,1-2H3. The van der Waals surface area contributed by atoms with Gasteiger partial charge >= 0.3 is 0 Å². The molecule has 0 aromatic carbocycles. The number of hydrogen-bond donors (Lipinski definition) is 0. The predicted octanol–water partition coefficient (Wildman–Crippen LogP) is 5.30. The molecule has 0 unspecified atom stereocenters. The zero-order valence-corrected chi connectivity index (χ0v) is 16.2. The molecule has 4 nitrogen and oxygen atoms in total. The topological polar surface area (TPSA) is 46.6 Å². The molecule has 0 aromatic rings. The molecule has 0 radical (unpaired) electrons. The molecule has 0 fully saturated rings. The molecule has 0 N–H and O–H groups in total. The fraction of sp³-hybridized carbons (Fsp3) is 0.895. The van der Waals surface area contributed by atoms with E-state index in [0.29, 0.717) is 18.6 Å². The summed E-state index contributed by atoms with van der Waals surface area (Å²) in [4.78, 5) is 26.8. The molecule has 0 spiro atoms. The van der Waals surface area contributed by atoms with Gasteiger partial charge in [-0.15, -0.1) is 0 Å². The quantitative estimate of drug-likeness (QED) is 0.340. The first-order valence-electron chi connectivity index (χ1n) is 9.35. The van der Waals surface area contributed by atoms with Crippen LogP contribution in [-0.2, 0) is 14.4 Å². The van der Waals surface area contributed by atoms with Gasteiger partial charge in [-0.25, -0.2) is 5.06 Å². The van der Waals surface area contributed by atoms with E-state index >= 15 is 0 Å². The van der Waals surface area contributed by atoms with Gasteiger partial charge in [0.05, 0.1) is 7.11 Å². The van der Waals surface area contributed by atoms with Gasteiger partial charge in [0.25, 0.3) is 0 Å². The molecule has 0 aliphatic carbocycles. The molecule has 0 saturated carbocycles. The summed E-state index contributed by atoms with van der Waals surface area (Å²) in [5, 5.41) is 1.29. The summed E-state index contributed by atoms with van der Waals surface area (Å²) >= 11 is 0. The predicted molar refractivity (Wildman–Crippen MR) is 97.2 cm³/mol. The number of hydrogen-bond acceptors (Lipinski definition) is 3. The van der Waals surface area contributed by atoms with Crippen LogP contribution in [0.25, 0.3) is 0 Å². The van der Waals surface area contributed by atoms with Crippen LogP contribution in [0.2, 0.25) is 0 Å². The number of carbonyl (C=O) groups excluding carboxylic acids is 2. The third kappa shape index (κ3) is 19.1. The highest BCUT2D eigenvalue weighted by Crippen LogP contribution is 2.06. The monoisotopic (exact) mass is 329 g/mol. The van der Waals surface area contributed by atoms with Gasteiger partial charge in [-0.3, -0.25) is 14.4 Å². The maximum absolute atomic E-state index is 11.2. The van der Waals surface area contributed by atoms with Crippen molar-refractivity contribution in [2.75, 3.05) is 14.2 Å². The van der Waals surface area contributed by atoms with E-state index in [1.54, 1.807) is 7.05 Å². The second-order valence-electron chi connectivity index (χ2n) is 5.94. The van der Waals surface area contributed by atoms with Crippen LogP contribution in [-0.4, -0.2) is 30.9 Å². The van der Waals surface area contributed by atoms with Crippen molar-refractivity contribution < 1.29 is 14.4 Å². The first kappa shape index (κ1) is 24.4. The van der Waals surface area contributed by atoms with Crippen LogP contribution in [0.1, 0.15) is 97.8 Å². The molecule has 0 heterocycles. The van der Waals surface area contributed by atoms with E-state index in [2.05, 4.69) is 13.8 Å². The number of ketones is 1. The van der Waals surface area contributed by atoms with Crippen molar-refractivity contribution in [1.29, 1.82) is 0 Å². The Bertz CT molecular complexity index is 280. The Morgan fingerprint density at radius 1 is 0.783 bits per heavy atom. The molecule has 0 aliphatic heterocycles. The Hall–Kier alpha value is -0.900. The largest absolute Gasteiger partial charge is 0.300 e. The number of rotatable bonds is 13. The molecule has 138 valence electrons. The third-order valence-corrected chi connectivity index (χ3v) is 3.82. The van der Waals surface area contributed by atoms with Gasteiger partial charge in [0.1, 0.15) is 5.78 Å². The summed E-state index contributed by atoms with van der Waals surface area (Å²) in [6.45, 7) is 6.30. The number of nitrogens with zero attached hydrogens (tertiary/aromatic N) is 1. The van der Waals surface area contributed by atoms with Crippen molar-refractivity contribution in [3.05, 3.63) is 0 Å². The number of carbonyl (C=O) groups is 2. The zero-order valence-electron chi connectivity index (χ0n) is 16.2. The average Bonchev–Trinajstić information content (AvgIpc) is 2.57. The SMILES string of the molecule is CCCCCCC(=O)CC.CCCCCCCC(=O)N(C)OC. The average molecular weight is 330 g/mol. The van der Waals surface area contributed by atoms with E-state index < -0.39 is 0 Å². The van der Waals surface area contributed by atoms with Gasteiger partial charge in [0.2, 0.25) is 5.91 Å². The molecule has 0 atom stereocenters. The molecule has 4 heteroatoms. The Balaban J connectivity index is 0. The second-order valence-corrected chi connectivity index (χ2v) is 5.94. The Morgan fingerprint density at radius 2 is 1.26 bits per heavy atom. The van der Waals surface area contributed by atoms with E-state index in [4.69, 9.17) is 4.84 Å². The van der Waals surface area contributed by atoms with E-state index in [1.165, 1.54) is 50.7 Å². The lowest BCUT2D eigenvalue weighted by molar-refractivity contribution is -0.168. The summed E-state index contributed by atoms with van der Waals surface area (Å²) in [5.41, 5.74) is 0. The highest BCUT2D eigenvalue weighted by molar-refractivity contribution is 5.77. The first-order chi connectivity index (χ1) is 11.0. The van der Waals surface area contributed by atoms with Crippen molar-refractivity contribution in [2.45, 2.75) is 97.8 Å². The Labute approximate surface area is 143 Å². The number of hydroxylamine groups is 2. The lowest BCUT2D eigenvalue weighted by atomic mass is 10.1. The lowest BCUT2D eigenvalue weighted by Crippen LogP contribution is -2.24. The number of amides is 1. The van der Waals surface area contributed by atoms with Crippen molar-refractivity contribution in [3.63, 3.8) is 0 Å². The van der Waals surface area contributed by atoms with Crippen LogP contribution in [0.15, 0.2) is 0 Å². The minimum atomic E-state index is 0.0685. The van der Waals surface area contributed by atoms with Gasteiger partial charge in [-0.1, -0.05) is 65.7 Å². The lowest BCUT2D eigenvalue weighted by Gasteiger charge is -2.12. The summed E-state index contributed by atoms with van der Waals surface area (Å²) < 4.78 is 0. The van der Waals surface area contributed by atoms with Crippen LogP contribution in [0.3, 0.4) is 0 Å². The molecule has 0 aromatic heterocycles. The maximum Gasteiger partial charge on any atom is 0.245 e. The summed E-state index contributed by atoms with van der Waals surface area (Å²) in [7, 11) is 3.16. The van der Waals surface area contributed by atoms with Crippen molar-refractivity contribution in [2.24, 2.45) is 0 Å². The van der Waals surface area contributed by atoms with Crippen molar-refractivity contribution in [3.8, 4) is 0 Å². The van der Waals surface area contributed by atoms with E-state index in [9.17, 15) is 9.59 Å². The maximum atomic E-state index is 11.2. The van der Waals surface area contributed by atoms with Crippen molar-refractivity contribution >= 4 is 11.7 Å². The molecular formula is C19H39NO3. The van der Waals surface area contributed by atoms with Gasteiger partial charge in [-0.2, -0.15) is 0 Å². The highest BCUT2D eigenvalue weighted by Gasteiger charge is 2.06. The molecule has 23 heavy (non-hydrogen) atoms. The Kier molecular flexibility index (Phi) is 20.3. The Morgan fingerprint density at radius 3 is 1.74 bits per heavy atom. The van der Waals surface area contributed by atoms with Crippen molar-refractivity contribution in [1.82, 2.24) is 5.06 Å². The van der Waals surface area contributed by atoms with Crippen LogP contribution in [0, 0.1) is 0 Å². The van der Waals surface area contributed by atoms with Crippen LogP contribution >= 0.6 is 0 Å². The zero-order chi connectivity index (χ0) is 17.9. The fourth-order valence-electron chi connectivity index (χ4n) is 2.06. The molecule has 0 rings (SSSR count). The smallest absolute Gasteiger partial charge is 0.245 e. The minimum Gasteiger partial charge on any atom is -0.300 e. The minimum absolute atomic E-state index is 0.0685. The molecule has 0 aliphatic rings. The van der Waals surface area contributed by atoms with Crippen LogP contribution in [0.5, 0.6) is 0 Å². The molecule has 1 amide bonds. The van der Waals surface area contributed by atoms with E-state index in [1.807, 2.05) is 6.92 Å². The highest BCUT2D eigenvalue weighted by atomic mass is 16.7. The molecule has 0 bridgehead atoms. The van der Waals surface area contributed by atoms with Gasteiger partial charge in [0, 0.05) is 26.3 Å². The first-order valence-corrected chi connectivity index (χ1v) is 9.35. The number of unbranched alkanes of at least 4 members (excludes halogenated alkanes) is 7. The van der Waals surface area contributed by atoms with Crippen LogP contribution in [0.4, 0.5) is 0 Å². The summed E-state index contributed by atoms with van der Waals surface area (Å²) in [6.07, 6.45) is 12.8. The van der Waals surface area contributed by atoms with E-state index in [-0.39, 0.29) is 5.91 Å². The summed E-state index contributed by atoms with van der Waals surface area (Å²) in [6, 6.07) is 0. The second kappa shape index (κ2) is 19.1. The summed E-state index contributed by atoms with van der Waals surface area (Å²) in [5.74, 6) is 0.482. The fourth-order valence-corrected chi connectivity index (χ4v) is 2.06. The molecular weight excluding hydrogens is 290 g/mol.